The molecule has 0 fully saturated rings. The Labute approximate surface area is 102 Å². The van der Waals surface area contributed by atoms with Crippen molar-refractivity contribution in [1.82, 2.24) is 15.6 Å². The van der Waals surface area contributed by atoms with Crippen LogP contribution in [0.2, 0.25) is 0 Å². The van der Waals surface area contributed by atoms with Crippen LogP contribution in [0.4, 0.5) is 0 Å². The number of nitrogens with one attached hydrogen (secondary N) is 3. The van der Waals surface area contributed by atoms with E-state index in [1.54, 1.807) is 6.92 Å². The van der Waals surface area contributed by atoms with Gasteiger partial charge in [-0.15, -0.1) is 0 Å². The minimum atomic E-state index is -0.256. The van der Waals surface area contributed by atoms with Gasteiger partial charge in [0.2, 0.25) is 5.91 Å². The van der Waals surface area contributed by atoms with Crippen LogP contribution in [0.15, 0.2) is 4.79 Å². The van der Waals surface area contributed by atoms with E-state index in [-0.39, 0.29) is 16.7 Å². The summed E-state index contributed by atoms with van der Waals surface area (Å²) in [6, 6.07) is 0. The highest BCUT2D eigenvalue weighted by molar-refractivity contribution is 7.11. The van der Waals surface area contributed by atoms with Crippen LogP contribution in [-0.2, 0) is 4.79 Å². The topological polar surface area (TPSA) is 91.1 Å². The van der Waals surface area contributed by atoms with Crippen LogP contribution in [0.3, 0.4) is 0 Å². The van der Waals surface area contributed by atoms with E-state index < -0.39 is 0 Å². The van der Waals surface area contributed by atoms with Crippen LogP contribution in [0.5, 0.6) is 0 Å². The van der Waals surface area contributed by atoms with Crippen LogP contribution in [0, 0.1) is 6.92 Å². The van der Waals surface area contributed by atoms with Gasteiger partial charge in [0.1, 0.15) is 4.88 Å². The fourth-order valence-electron chi connectivity index (χ4n) is 1.26. The number of hydrogen-bond donors (Lipinski definition) is 3. The van der Waals surface area contributed by atoms with E-state index in [1.807, 2.05) is 0 Å². The molecule has 1 heterocycles. The number of carbonyl (C=O) groups is 2. The quantitative estimate of drug-likeness (QED) is 0.648. The number of hydrogen-bond acceptors (Lipinski definition) is 4. The predicted molar refractivity (Wildman–Crippen MR) is 65.3 cm³/mol. The molecule has 6 nitrogen and oxygen atoms in total. The molecular weight excluding hydrogens is 242 g/mol. The van der Waals surface area contributed by atoms with Crippen molar-refractivity contribution in [2.45, 2.75) is 20.3 Å². The second-order valence-corrected chi connectivity index (χ2v) is 4.54. The molecule has 94 valence electrons. The predicted octanol–water partition coefficient (Wildman–Crippen LogP) is 0.000820. The van der Waals surface area contributed by atoms with Gasteiger partial charge in [-0.1, -0.05) is 11.3 Å². The maximum absolute atomic E-state index is 11.6. The number of H-pyrrole nitrogens is 1. The van der Waals surface area contributed by atoms with Crippen molar-refractivity contribution in [2.24, 2.45) is 0 Å². The molecule has 0 aliphatic carbocycles. The molecule has 0 saturated heterocycles. The molecule has 0 spiro atoms. The van der Waals surface area contributed by atoms with Crippen LogP contribution >= 0.6 is 11.3 Å². The summed E-state index contributed by atoms with van der Waals surface area (Å²) < 4.78 is 0. The molecule has 7 heteroatoms. The van der Waals surface area contributed by atoms with Gasteiger partial charge in [0.15, 0.2) is 0 Å². The monoisotopic (exact) mass is 257 g/mol. The van der Waals surface area contributed by atoms with E-state index in [2.05, 4.69) is 15.6 Å². The zero-order chi connectivity index (χ0) is 12.8. The van der Waals surface area contributed by atoms with Gasteiger partial charge in [0.25, 0.3) is 5.91 Å². The molecular formula is C10H15N3O3S. The molecule has 3 N–H and O–H groups in total. The molecule has 0 unspecified atom stereocenters. The summed E-state index contributed by atoms with van der Waals surface area (Å²) in [5, 5.41) is 5.32. The number of carbonyl (C=O) groups excluding carboxylic acids is 2. The lowest BCUT2D eigenvalue weighted by Gasteiger charge is -2.04. The Morgan fingerprint density at radius 1 is 1.29 bits per heavy atom. The molecule has 0 bridgehead atoms. The number of aromatic amines is 1. The summed E-state index contributed by atoms with van der Waals surface area (Å²) in [6.07, 6.45) is 0.656. The summed E-state index contributed by atoms with van der Waals surface area (Å²) in [4.78, 5) is 35.9. The summed E-state index contributed by atoms with van der Waals surface area (Å²) in [5.41, 5.74) is 0.583. The van der Waals surface area contributed by atoms with E-state index in [1.165, 1.54) is 6.92 Å². The molecule has 0 aliphatic rings. The van der Waals surface area contributed by atoms with Crippen LogP contribution in [0.25, 0.3) is 0 Å². The zero-order valence-electron chi connectivity index (χ0n) is 9.75. The van der Waals surface area contributed by atoms with Crippen molar-refractivity contribution in [3.8, 4) is 0 Å². The first kappa shape index (κ1) is 13.4. The van der Waals surface area contributed by atoms with Crippen molar-refractivity contribution in [3.63, 3.8) is 0 Å². The molecule has 1 aromatic heterocycles. The lowest BCUT2D eigenvalue weighted by Crippen LogP contribution is -2.28. The largest absolute Gasteiger partial charge is 0.356 e. The normalized spacial score (nSPS) is 10.0. The number of aromatic nitrogens is 1. The first-order chi connectivity index (χ1) is 8.00. The first-order valence-corrected chi connectivity index (χ1v) is 6.04. The molecule has 0 aromatic carbocycles. The maximum Gasteiger partial charge on any atom is 0.305 e. The minimum Gasteiger partial charge on any atom is -0.356 e. The molecule has 1 aromatic rings. The highest BCUT2D eigenvalue weighted by Gasteiger charge is 2.12. The lowest BCUT2D eigenvalue weighted by atomic mass is 10.3. The van der Waals surface area contributed by atoms with Crippen molar-refractivity contribution < 1.29 is 9.59 Å². The molecule has 0 saturated carbocycles. The Morgan fingerprint density at radius 3 is 2.47 bits per heavy atom. The standard InChI is InChI=1S/C10H15N3O3S/c1-6-8(17-10(16)13-6)9(15)12-5-3-4-11-7(2)14/h3-5H2,1-2H3,(H,11,14)(H,12,15)(H,13,16). The van der Waals surface area contributed by atoms with Crippen molar-refractivity contribution in [3.05, 3.63) is 20.2 Å². The summed E-state index contributed by atoms with van der Waals surface area (Å²) in [6.45, 7) is 4.12. The van der Waals surface area contributed by atoms with Gasteiger partial charge in [-0.25, -0.2) is 0 Å². The van der Waals surface area contributed by atoms with Gasteiger partial charge < -0.3 is 15.6 Å². The number of aryl methyl sites for hydroxylation is 1. The number of rotatable bonds is 5. The van der Waals surface area contributed by atoms with Crippen LogP contribution in [-0.4, -0.2) is 29.9 Å². The summed E-state index contributed by atoms with van der Waals surface area (Å²) in [5.74, 6) is -0.343. The molecule has 0 radical (unpaired) electrons. The summed E-state index contributed by atoms with van der Waals surface area (Å²) >= 11 is 0.898. The second-order valence-electron chi connectivity index (χ2n) is 3.56. The summed E-state index contributed by atoms with van der Waals surface area (Å²) in [7, 11) is 0. The van der Waals surface area contributed by atoms with E-state index >= 15 is 0 Å². The Kier molecular flexibility index (Phi) is 4.89. The Bertz CT molecular complexity index is 464. The minimum absolute atomic E-state index is 0.0870. The lowest BCUT2D eigenvalue weighted by molar-refractivity contribution is -0.118. The molecule has 2 amide bonds. The van der Waals surface area contributed by atoms with Crippen molar-refractivity contribution in [2.75, 3.05) is 13.1 Å². The van der Waals surface area contributed by atoms with E-state index in [4.69, 9.17) is 0 Å². The van der Waals surface area contributed by atoms with E-state index in [9.17, 15) is 14.4 Å². The van der Waals surface area contributed by atoms with E-state index in [0.717, 1.165) is 11.3 Å². The Morgan fingerprint density at radius 2 is 1.94 bits per heavy atom. The molecule has 0 aliphatic heterocycles. The van der Waals surface area contributed by atoms with Gasteiger partial charge in [-0.3, -0.25) is 14.4 Å². The Balaban J connectivity index is 2.33. The van der Waals surface area contributed by atoms with Gasteiger partial charge in [0.05, 0.1) is 0 Å². The van der Waals surface area contributed by atoms with Gasteiger partial charge in [0, 0.05) is 25.7 Å². The van der Waals surface area contributed by atoms with Crippen molar-refractivity contribution in [1.29, 1.82) is 0 Å². The van der Waals surface area contributed by atoms with Gasteiger partial charge in [-0.05, 0) is 13.3 Å². The first-order valence-electron chi connectivity index (χ1n) is 5.23. The highest BCUT2D eigenvalue weighted by atomic mass is 32.1. The third-order valence-electron chi connectivity index (χ3n) is 2.04. The maximum atomic E-state index is 11.6. The fourth-order valence-corrected chi connectivity index (χ4v) is 2.01. The van der Waals surface area contributed by atoms with Crippen LogP contribution in [0.1, 0.15) is 28.7 Å². The van der Waals surface area contributed by atoms with Gasteiger partial charge >= 0.3 is 4.87 Å². The fraction of sp³-hybridized carbons (Fsp3) is 0.500. The third-order valence-corrected chi connectivity index (χ3v) is 3.03. The second kappa shape index (κ2) is 6.19. The third kappa shape index (κ3) is 4.39. The number of amides is 2. The van der Waals surface area contributed by atoms with Crippen LogP contribution < -0.4 is 15.5 Å². The molecule has 0 atom stereocenters. The average molecular weight is 257 g/mol. The van der Waals surface area contributed by atoms with Gasteiger partial charge in [-0.2, -0.15) is 0 Å². The SMILES string of the molecule is CC(=O)NCCCNC(=O)c1sc(=O)[nH]c1C. The Hall–Kier alpha value is -1.63. The van der Waals surface area contributed by atoms with Crippen molar-refractivity contribution >= 4 is 23.2 Å². The average Bonchev–Trinajstić information content (AvgIpc) is 2.56. The number of thiazole rings is 1. The molecule has 17 heavy (non-hydrogen) atoms. The smallest absolute Gasteiger partial charge is 0.305 e. The zero-order valence-corrected chi connectivity index (χ0v) is 10.6. The molecule has 1 rings (SSSR count). The van der Waals surface area contributed by atoms with E-state index in [0.29, 0.717) is 30.1 Å². The highest BCUT2D eigenvalue weighted by Crippen LogP contribution is 2.06.